The minimum atomic E-state index is -3.50. The van der Waals surface area contributed by atoms with E-state index in [1.54, 1.807) is 0 Å². The standard InChI is InChI=1S/C9H16N4O2S/c1-9(2)6(10)5-7(9)13-16(14,15)8-3-4-11-12-8/h3-4,6-7,13H,5,10H2,1-2H3,(H,11,12). The molecule has 4 N–H and O–H groups in total. The van der Waals surface area contributed by atoms with E-state index >= 15 is 0 Å². The molecule has 0 amide bonds. The first-order valence-electron chi connectivity index (χ1n) is 5.11. The van der Waals surface area contributed by atoms with Crippen LogP contribution in [0.4, 0.5) is 0 Å². The molecule has 0 aliphatic heterocycles. The molecule has 0 spiro atoms. The van der Waals surface area contributed by atoms with E-state index < -0.39 is 10.0 Å². The summed E-state index contributed by atoms with van der Waals surface area (Å²) in [5, 5.41) is 6.15. The maximum Gasteiger partial charge on any atom is 0.257 e. The van der Waals surface area contributed by atoms with Crippen molar-refractivity contribution >= 4 is 10.0 Å². The van der Waals surface area contributed by atoms with Crippen molar-refractivity contribution in [3.8, 4) is 0 Å². The molecule has 1 saturated carbocycles. The number of nitrogens with zero attached hydrogens (tertiary/aromatic N) is 1. The molecule has 1 heterocycles. The molecule has 7 heteroatoms. The van der Waals surface area contributed by atoms with Crippen molar-refractivity contribution in [1.82, 2.24) is 14.9 Å². The van der Waals surface area contributed by atoms with Gasteiger partial charge in [-0.25, -0.2) is 13.1 Å². The van der Waals surface area contributed by atoms with Crippen LogP contribution in [0.15, 0.2) is 17.3 Å². The highest BCUT2D eigenvalue weighted by Crippen LogP contribution is 2.39. The van der Waals surface area contributed by atoms with E-state index in [2.05, 4.69) is 14.9 Å². The number of nitrogens with two attached hydrogens (primary N) is 1. The molecule has 16 heavy (non-hydrogen) atoms. The lowest BCUT2D eigenvalue weighted by molar-refractivity contribution is 0.0903. The lowest BCUT2D eigenvalue weighted by Gasteiger charge is -2.50. The lowest BCUT2D eigenvalue weighted by atomic mass is 9.64. The maximum atomic E-state index is 11.9. The first-order valence-corrected chi connectivity index (χ1v) is 6.59. The van der Waals surface area contributed by atoms with E-state index in [1.807, 2.05) is 13.8 Å². The van der Waals surface area contributed by atoms with Crippen molar-refractivity contribution in [2.45, 2.75) is 37.4 Å². The molecule has 0 bridgehead atoms. The molecule has 2 rings (SSSR count). The number of rotatable bonds is 3. The number of aromatic nitrogens is 2. The molecule has 90 valence electrons. The van der Waals surface area contributed by atoms with E-state index in [0.29, 0.717) is 6.42 Å². The predicted octanol–water partition coefficient (Wildman–Crippen LogP) is -0.186. The van der Waals surface area contributed by atoms with Gasteiger partial charge in [0.1, 0.15) is 0 Å². The summed E-state index contributed by atoms with van der Waals surface area (Å²) in [5.74, 6) is 0. The Morgan fingerprint density at radius 1 is 1.62 bits per heavy atom. The highest BCUT2D eigenvalue weighted by atomic mass is 32.2. The largest absolute Gasteiger partial charge is 0.327 e. The summed E-state index contributed by atoms with van der Waals surface area (Å²) < 4.78 is 26.4. The molecule has 6 nitrogen and oxygen atoms in total. The number of sulfonamides is 1. The van der Waals surface area contributed by atoms with Gasteiger partial charge in [0.25, 0.3) is 10.0 Å². The monoisotopic (exact) mass is 244 g/mol. The summed E-state index contributed by atoms with van der Waals surface area (Å²) in [7, 11) is -3.50. The van der Waals surface area contributed by atoms with Gasteiger partial charge in [-0.15, -0.1) is 0 Å². The minimum Gasteiger partial charge on any atom is -0.327 e. The van der Waals surface area contributed by atoms with Crippen molar-refractivity contribution in [1.29, 1.82) is 0 Å². The SMILES string of the molecule is CC1(C)C(N)CC1NS(=O)(=O)c1ccn[nH]1. The average molecular weight is 244 g/mol. The highest BCUT2D eigenvalue weighted by Gasteiger charge is 2.47. The van der Waals surface area contributed by atoms with Gasteiger partial charge in [-0.1, -0.05) is 13.8 Å². The molecule has 0 radical (unpaired) electrons. The van der Waals surface area contributed by atoms with Crippen molar-refractivity contribution in [3.05, 3.63) is 12.3 Å². The second kappa shape index (κ2) is 3.54. The molecule has 1 aliphatic carbocycles. The average Bonchev–Trinajstić information content (AvgIpc) is 2.70. The number of hydrogen-bond donors (Lipinski definition) is 3. The van der Waals surface area contributed by atoms with Crippen LogP contribution in [0.3, 0.4) is 0 Å². The highest BCUT2D eigenvalue weighted by molar-refractivity contribution is 7.89. The smallest absolute Gasteiger partial charge is 0.257 e. The summed E-state index contributed by atoms with van der Waals surface area (Å²) in [6.07, 6.45) is 2.08. The van der Waals surface area contributed by atoms with Crippen molar-refractivity contribution in [2.24, 2.45) is 11.1 Å². The van der Waals surface area contributed by atoms with Crippen LogP contribution in [0.1, 0.15) is 20.3 Å². The Hall–Kier alpha value is -0.920. The van der Waals surface area contributed by atoms with E-state index in [1.165, 1.54) is 12.3 Å². The van der Waals surface area contributed by atoms with Gasteiger partial charge in [-0.05, 0) is 17.9 Å². The van der Waals surface area contributed by atoms with Gasteiger partial charge in [0.15, 0.2) is 5.03 Å². The van der Waals surface area contributed by atoms with Crippen LogP contribution in [0.2, 0.25) is 0 Å². The number of aromatic amines is 1. The zero-order valence-corrected chi connectivity index (χ0v) is 10.1. The Bertz CT molecular complexity index is 466. The summed E-state index contributed by atoms with van der Waals surface area (Å²) in [4.78, 5) is 0. The Kier molecular flexibility index (Phi) is 2.56. The fourth-order valence-corrected chi connectivity index (χ4v) is 3.12. The fourth-order valence-electron chi connectivity index (χ4n) is 1.80. The maximum absolute atomic E-state index is 11.9. The predicted molar refractivity (Wildman–Crippen MR) is 59.1 cm³/mol. The molecule has 0 saturated heterocycles. The molecule has 1 aliphatic rings. The minimum absolute atomic E-state index is 0.0435. The molecule has 0 aromatic carbocycles. The Morgan fingerprint density at radius 2 is 2.31 bits per heavy atom. The van der Waals surface area contributed by atoms with Crippen LogP contribution in [0.5, 0.6) is 0 Å². The Balaban J connectivity index is 2.12. The molecule has 1 aromatic heterocycles. The van der Waals surface area contributed by atoms with E-state index in [4.69, 9.17) is 5.73 Å². The molecule has 1 fully saturated rings. The van der Waals surface area contributed by atoms with Crippen LogP contribution < -0.4 is 10.5 Å². The van der Waals surface area contributed by atoms with Gasteiger partial charge in [-0.3, -0.25) is 5.10 Å². The van der Waals surface area contributed by atoms with Crippen LogP contribution in [0.25, 0.3) is 0 Å². The quantitative estimate of drug-likeness (QED) is 0.686. The van der Waals surface area contributed by atoms with Crippen molar-refractivity contribution < 1.29 is 8.42 Å². The van der Waals surface area contributed by atoms with Crippen molar-refractivity contribution in [2.75, 3.05) is 0 Å². The van der Waals surface area contributed by atoms with Gasteiger partial charge in [-0.2, -0.15) is 5.10 Å². The topological polar surface area (TPSA) is 101 Å². The second-order valence-electron chi connectivity index (χ2n) is 4.76. The van der Waals surface area contributed by atoms with Crippen molar-refractivity contribution in [3.63, 3.8) is 0 Å². The third kappa shape index (κ3) is 1.74. The molecule has 1 aromatic rings. The summed E-state index contributed by atoms with van der Waals surface area (Å²) >= 11 is 0. The normalized spacial score (nSPS) is 28.7. The van der Waals surface area contributed by atoms with Gasteiger partial charge in [0.2, 0.25) is 0 Å². The number of hydrogen-bond acceptors (Lipinski definition) is 4. The molecule has 2 unspecified atom stereocenters. The van der Waals surface area contributed by atoms with E-state index in [0.717, 1.165) is 0 Å². The van der Waals surface area contributed by atoms with Gasteiger partial charge < -0.3 is 5.73 Å². The number of H-pyrrole nitrogens is 1. The van der Waals surface area contributed by atoms with Crippen LogP contribution >= 0.6 is 0 Å². The Morgan fingerprint density at radius 3 is 2.75 bits per heavy atom. The first-order chi connectivity index (χ1) is 7.34. The molecule has 2 atom stereocenters. The van der Waals surface area contributed by atoms with Crippen LogP contribution in [-0.4, -0.2) is 30.7 Å². The third-order valence-corrected chi connectivity index (χ3v) is 4.81. The summed E-state index contributed by atoms with van der Waals surface area (Å²) in [6, 6.07) is 1.35. The zero-order chi connectivity index (χ0) is 12.0. The summed E-state index contributed by atoms with van der Waals surface area (Å²) in [5.41, 5.74) is 5.63. The van der Waals surface area contributed by atoms with Crippen LogP contribution in [0, 0.1) is 5.41 Å². The fraction of sp³-hybridized carbons (Fsp3) is 0.667. The number of nitrogens with one attached hydrogen (secondary N) is 2. The Labute approximate surface area is 94.7 Å². The second-order valence-corrected chi connectivity index (χ2v) is 6.44. The van der Waals surface area contributed by atoms with E-state index in [9.17, 15) is 8.42 Å². The third-order valence-electron chi connectivity index (χ3n) is 3.41. The molecular formula is C9H16N4O2S. The lowest BCUT2D eigenvalue weighted by Crippen LogP contribution is -2.64. The van der Waals surface area contributed by atoms with Crippen LogP contribution in [-0.2, 0) is 10.0 Å². The summed E-state index contributed by atoms with van der Waals surface area (Å²) in [6.45, 7) is 3.92. The zero-order valence-electron chi connectivity index (χ0n) is 9.27. The van der Waals surface area contributed by atoms with E-state index in [-0.39, 0.29) is 22.5 Å². The van der Waals surface area contributed by atoms with Gasteiger partial charge >= 0.3 is 0 Å². The first kappa shape index (κ1) is 11.6. The van der Waals surface area contributed by atoms with Gasteiger partial charge in [0, 0.05) is 12.1 Å². The van der Waals surface area contributed by atoms with Gasteiger partial charge in [0.05, 0.1) is 6.20 Å². The molecular weight excluding hydrogens is 228 g/mol.